The first-order valence-corrected chi connectivity index (χ1v) is 5.75. The minimum absolute atomic E-state index is 0.122. The van der Waals surface area contributed by atoms with Gasteiger partial charge in [-0.05, 0) is 13.3 Å². The molecule has 0 radical (unpaired) electrons. The van der Waals surface area contributed by atoms with E-state index in [0.29, 0.717) is 18.8 Å². The average Bonchev–Trinajstić information content (AvgIpc) is 2.80. The second-order valence-corrected chi connectivity index (χ2v) is 4.24. The Morgan fingerprint density at radius 2 is 2.33 bits per heavy atom. The molecule has 0 aromatic carbocycles. The lowest BCUT2D eigenvalue weighted by molar-refractivity contribution is 0.0709. The van der Waals surface area contributed by atoms with Crippen LogP contribution in [0.5, 0.6) is 0 Å². The van der Waals surface area contributed by atoms with Crippen LogP contribution in [-0.4, -0.2) is 32.5 Å². The molecule has 0 aliphatic carbocycles. The molecule has 0 saturated heterocycles. The summed E-state index contributed by atoms with van der Waals surface area (Å²) in [4.78, 5) is 21.8. The van der Waals surface area contributed by atoms with E-state index < -0.39 is 0 Å². The highest BCUT2D eigenvalue weighted by Gasteiger charge is 2.26. The molecule has 3 heterocycles. The third-order valence-electron chi connectivity index (χ3n) is 3.10. The summed E-state index contributed by atoms with van der Waals surface area (Å²) >= 11 is 0. The number of hydrogen-bond donors (Lipinski definition) is 0. The lowest BCUT2D eigenvalue weighted by atomic mass is 10.1. The summed E-state index contributed by atoms with van der Waals surface area (Å²) in [6.45, 7) is 3.03. The standard InChI is InChI=1S/C12H12N4O2/c1-8-9-2-5-16(7-11(9)18-15-8)12(17)10-6-13-3-4-14-10/h3-4,6H,2,5,7H2,1H3. The Morgan fingerprint density at radius 1 is 1.44 bits per heavy atom. The van der Waals surface area contributed by atoms with Crippen molar-refractivity contribution in [3.05, 3.63) is 41.3 Å². The van der Waals surface area contributed by atoms with Crippen molar-refractivity contribution < 1.29 is 9.32 Å². The van der Waals surface area contributed by atoms with Gasteiger partial charge in [-0.25, -0.2) is 4.98 Å². The quantitative estimate of drug-likeness (QED) is 0.747. The largest absolute Gasteiger partial charge is 0.359 e. The van der Waals surface area contributed by atoms with Crippen molar-refractivity contribution in [2.45, 2.75) is 19.9 Å². The Labute approximate surface area is 104 Å². The van der Waals surface area contributed by atoms with Crippen LogP contribution in [0.15, 0.2) is 23.1 Å². The molecule has 2 aromatic rings. The predicted octanol–water partition coefficient (Wildman–Crippen LogP) is 0.972. The Hall–Kier alpha value is -2.24. The molecule has 2 aromatic heterocycles. The van der Waals surface area contributed by atoms with E-state index in [1.165, 1.54) is 12.4 Å². The summed E-state index contributed by atoms with van der Waals surface area (Å²) in [5.41, 5.74) is 2.40. The first-order valence-electron chi connectivity index (χ1n) is 5.75. The van der Waals surface area contributed by atoms with Crippen LogP contribution in [-0.2, 0) is 13.0 Å². The fourth-order valence-electron chi connectivity index (χ4n) is 2.12. The van der Waals surface area contributed by atoms with Gasteiger partial charge in [-0.1, -0.05) is 5.16 Å². The number of carbonyl (C=O) groups excluding carboxylic acids is 1. The molecule has 0 spiro atoms. The maximum absolute atomic E-state index is 12.2. The van der Waals surface area contributed by atoms with Gasteiger partial charge < -0.3 is 9.42 Å². The van der Waals surface area contributed by atoms with E-state index in [0.717, 1.165) is 23.4 Å². The first-order chi connectivity index (χ1) is 8.75. The minimum Gasteiger partial charge on any atom is -0.359 e. The van der Waals surface area contributed by atoms with Gasteiger partial charge in [0.15, 0.2) is 5.76 Å². The van der Waals surface area contributed by atoms with Gasteiger partial charge in [-0.3, -0.25) is 9.78 Å². The van der Waals surface area contributed by atoms with E-state index in [2.05, 4.69) is 15.1 Å². The molecule has 3 rings (SSSR count). The van der Waals surface area contributed by atoms with Crippen molar-refractivity contribution in [2.75, 3.05) is 6.54 Å². The molecular formula is C12H12N4O2. The van der Waals surface area contributed by atoms with E-state index >= 15 is 0 Å². The maximum Gasteiger partial charge on any atom is 0.274 e. The molecule has 0 unspecified atom stereocenters. The maximum atomic E-state index is 12.2. The monoisotopic (exact) mass is 244 g/mol. The molecule has 1 aliphatic rings. The highest BCUT2D eigenvalue weighted by molar-refractivity contribution is 5.92. The summed E-state index contributed by atoms with van der Waals surface area (Å²) in [6, 6.07) is 0. The number of amides is 1. The predicted molar refractivity (Wildman–Crippen MR) is 61.7 cm³/mol. The van der Waals surface area contributed by atoms with Crippen molar-refractivity contribution >= 4 is 5.91 Å². The van der Waals surface area contributed by atoms with Gasteiger partial charge in [0.2, 0.25) is 0 Å². The van der Waals surface area contributed by atoms with E-state index in [-0.39, 0.29) is 5.91 Å². The van der Waals surface area contributed by atoms with Crippen LogP contribution < -0.4 is 0 Å². The Balaban J connectivity index is 1.82. The summed E-state index contributed by atoms with van der Waals surface area (Å²) < 4.78 is 5.22. The Bertz CT molecular complexity index is 579. The smallest absolute Gasteiger partial charge is 0.274 e. The zero-order valence-electron chi connectivity index (χ0n) is 9.96. The van der Waals surface area contributed by atoms with Gasteiger partial charge in [0.1, 0.15) is 5.69 Å². The zero-order chi connectivity index (χ0) is 12.5. The number of carbonyl (C=O) groups is 1. The van der Waals surface area contributed by atoms with Gasteiger partial charge in [-0.2, -0.15) is 0 Å². The molecule has 1 aliphatic heterocycles. The van der Waals surface area contributed by atoms with E-state index in [9.17, 15) is 4.79 Å². The van der Waals surface area contributed by atoms with Crippen molar-refractivity contribution in [3.63, 3.8) is 0 Å². The number of rotatable bonds is 1. The summed E-state index contributed by atoms with van der Waals surface area (Å²) in [7, 11) is 0. The molecular weight excluding hydrogens is 232 g/mol. The Kier molecular flexibility index (Phi) is 2.55. The molecule has 6 nitrogen and oxygen atoms in total. The van der Waals surface area contributed by atoms with E-state index in [1.54, 1.807) is 11.1 Å². The molecule has 0 fully saturated rings. The molecule has 0 bridgehead atoms. The normalized spacial score (nSPS) is 14.4. The molecule has 0 saturated carbocycles. The van der Waals surface area contributed by atoms with Crippen LogP contribution in [0.1, 0.15) is 27.5 Å². The molecule has 6 heteroatoms. The molecule has 92 valence electrons. The van der Waals surface area contributed by atoms with Gasteiger partial charge in [0, 0.05) is 24.5 Å². The van der Waals surface area contributed by atoms with Crippen LogP contribution in [0.2, 0.25) is 0 Å². The highest BCUT2D eigenvalue weighted by atomic mass is 16.5. The van der Waals surface area contributed by atoms with Crippen LogP contribution in [0.3, 0.4) is 0 Å². The van der Waals surface area contributed by atoms with Crippen LogP contribution in [0.25, 0.3) is 0 Å². The first kappa shape index (κ1) is 10.9. The zero-order valence-corrected chi connectivity index (χ0v) is 9.96. The van der Waals surface area contributed by atoms with Crippen LogP contribution in [0, 0.1) is 6.92 Å². The van der Waals surface area contributed by atoms with E-state index in [1.807, 2.05) is 6.92 Å². The Morgan fingerprint density at radius 3 is 3.11 bits per heavy atom. The fourth-order valence-corrected chi connectivity index (χ4v) is 2.12. The van der Waals surface area contributed by atoms with Crippen molar-refractivity contribution in [1.82, 2.24) is 20.0 Å². The molecule has 18 heavy (non-hydrogen) atoms. The van der Waals surface area contributed by atoms with Crippen molar-refractivity contribution in [1.29, 1.82) is 0 Å². The van der Waals surface area contributed by atoms with Gasteiger partial charge in [0.05, 0.1) is 18.4 Å². The average molecular weight is 244 g/mol. The number of hydrogen-bond acceptors (Lipinski definition) is 5. The van der Waals surface area contributed by atoms with Gasteiger partial charge >= 0.3 is 0 Å². The lowest BCUT2D eigenvalue weighted by Crippen LogP contribution is -2.36. The number of fused-ring (bicyclic) bond motifs is 1. The summed E-state index contributed by atoms with van der Waals surface area (Å²) in [5, 5.41) is 3.92. The van der Waals surface area contributed by atoms with Crippen molar-refractivity contribution in [3.8, 4) is 0 Å². The van der Waals surface area contributed by atoms with Gasteiger partial charge in [-0.15, -0.1) is 0 Å². The lowest BCUT2D eigenvalue weighted by Gasteiger charge is -2.25. The topological polar surface area (TPSA) is 72.1 Å². The minimum atomic E-state index is -0.122. The number of aromatic nitrogens is 3. The molecule has 1 amide bonds. The third kappa shape index (κ3) is 1.75. The second kappa shape index (κ2) is 4.21. The van der Waals surface area contributed by atoms with Crippen LogP contribution >= 0.6 is 0 Å². The molecule has 0 N–H and O–H groups in total. The summed E-state index contributed by atoms with van der Waals surface area (Å²) in [6.07, 6.45) is 5.31. The molecule has 0 atom stereocenters. The van der Waals surface area contributed by atoms with E-state index in [4.69, 9.17) is 4.52 Å². The number of nitrogens with zero attached hydrogens (tertiary/aromatic N) is 4. The second-order valence-electron chi connectivity index (χ2n) is 4.24. The van der Waals surface area contributed by atoms with Gasteiger partial charge in [0.25, 0.3) is 5.91 Å². The SMILES string of the molecule is Cc1noc2c1CCN(C(=O)c1cnccn1)C2. The summed E-state index contributed by atoms with van der Waals surface area (Å²) in [5.74, 6) is 0.652. The number of aryl methyl sites for hydroxylation is 1. The third-order valence-corrected chi connectivity index (χ3v) is 3.10. The van der Waals surface area contributed by atoms with Crippen LogP contribution in [0.4, 0.5) is 0 Å². The highest BCUT2D eigenvalue weighted by Crippen LogP contribution is 2.22. The fraction of sp³-hybridized carbons (Fsp3) is 0.333. The van der Waals surface area contributed by atoms with Crippen molar-refractivity contribution in [2.24, 2.45) is 0 Å².